The summed E-state index contributed by atoms with van der Waals surface area (Å²) >= 11 is 0. The molecule has 1 aliphatic heterocycles. The lowest BCUT2D eigenvalue weighted by Gasteiger charge is -2.36. The number of piperazine rings is 1. The molecule has 0 saturated carbocycles. The number of aromatic nitrogens is 4. The molecule has 3 aromatic rings. The minimum absolute atomic E-state index is 0.345. The standard InChI is InChI=1S/C20H23F2N7O/c1-26(2)20-23-6-5-18(25-20)28-9-7-27(8-10-28)14-3-4-15-16(11-14)24-13-29(19(15)30)12-17(21)22/h3-6,11,13,17H,7-10,12H2,1-2H3. The monoisotopic (exact) mass is 415 g/mol. The van der Waals surface area contributed by atoms with E-state index >= 15 is 0 Å². The fraction of sp³-hybridized carbons (Fsp3) is 0.400. The molecule has 2 aromatic heterocycles. The molecule has 0 bridgehead atoms. The molecule has 8 nitrogen and oxygen atoms in total. The van der Waals surface area contributed by atoms with Crippen LogP contribution in [0.25, 0.3) is 10.9 Å². The number of halogens is 2. The molecule has 0 atom stereocenters. The first-order chi connectivity index (χ1) is 14.4. The third-order valence-electron chi connectivity index (χ3n) is 5.14. The number of hydrogen-bond donors (Lipinski definition) is 0. The number of anilines is 3. The average Bonchev–Trinajstić information content (AvgIpc) is 2.75. The zero-order chi connectivity index (χ0) is 21.3. The van der Waals surface area contributed by atoms with Gasteiger partial charge in [0.15, 0.2) is 0 Å². The second kappa shape index (κ2) is 8.21. The molecule has 0 spiro atoms. The second-order valence-electron chi connectivity index (χ2n) is 7.38. The van der Waals surface area contributed by atoms with Crippen LogP contribution in [0.2, 0.25) is 0 Å². The zero-order valence-electron chi connectivity index (χ0n) is 16.9. The van der Waals surface area contributed by atoms with Crippen LogP contribution < -0.4 is 20.3 Å². The van der Waals surface area contributed by atoms with Gasteiger partial charge in [0, 0.05) is 52.2 Å². The summed E-state index contributed by atoms with van der Waals surface area (Å²) in [6.07, 6.45) is 0.358. The highest BCUT2D eigenvalue weighted by Crippen LogP contribution is 2.22. The highest BCUT2D eigenvalue weighted by atomic mass is 19.3. The molecule has 0 radical (unpaired) electrons. The maximum absolute atomic E-state index is 12.6. The van der Waals surface area contributed by atoms with Crippen LogP contribution in [-0.2, 0) is 6.54 Å². The van der Waals surface area contributed by atoms with Crippen LogP contribution in [0.15, 0.2) is 41.6 Å². The summed E-state index contributed by atoms with van der Waals surface area (Å²) in [7, 11) is 3.82. The molecular formula is C20H23F2N7O. The normalized spacial score (nSPS) is 14.6. The van der Waals surface area contributed by atoms with Gasteiger partial charge in [0.25, 0.3) is 12.0 Å². The van der Waals surface area contributed by atoms with Gasteiger partial charge in [0.2, 0.25) is 5.95 Å². The SMILES string of the molecule is CN(C)c1nccc(N2CCN(c3ccc4c(=O)n(CC(F)F)cnc4c3)CC2)n1. The number of fused-ring (bicyclic) bond motifs is 1. The van der Waals surface area contributed by atoms with Crippen LogP contribution in [-0.4, -0.2) is 66.2 Å². The minimum Gasteiger partial charge on any atom is -0.368 e. The van der Waals surface area contributed by atoms with Gasteiger partial charge in [-0.05, 0) is 24.3 Å². The first kappa shape index (κ1) is 20.0. The van der Waals surface area contributed by atoms with Crippen LogP contribution in [0.1, 0.15) is 0 Å². The highest BCUT2D eigenvalue weighted by molar-refractivity contribution is 5.81. The molecule has 1 saturated heterocycles. The number of benzene rings is 1. The van der Waals surface area contributed by atoms with E-state index in [0.717, 1.165) is 42.3 Å². The molecule has 1 aliphatic rings. The van der Waals surface area contributed by atoms with E-state index in [1.165, 1.54) is 6.33 Å². The summed E-state index contributed by atoms with van der Waals surface area (Å²) in [5.74, 6) is 1.57. The summed E-state index contributed by atoms with van der Waals surface area (Å²) in [6.45, 7) is 2.52. The van der Waals surface area contributed by atoms with E-state index in [2.05, 4.69) is 24.8 Å². The maximum atomic E-state index is 12.6. The molecule has 3 heterocycles. The molecule has 0 aliphatic carbocycles. The van der Waals surface area contributed by atoms with Gasteiger partial charge >= 0.3 is 0 Å². The zero-order valence-corrected chi connectivity index (χ0v) is 16.9. The Bertz CT molecular complexity index is 1090. The Morgan fingerprint density at radius 1 is 1.07 bits per heavy atom. The van der Waals surface area contributed by atoms with Crippen molar-refractivity contribution in [3.05, 3.63) is 47.1 Å². The van der Waals surface area contributed by atoms with Gasteiger partial charge < -0.3 is 14.7 Å². The first-order valence-electron chi connectivity index (χ1n) is 9.70. The Kier molecular flexibility index (Phi) is 5.47. The van der Waals surface area contributed by atoms with Crippen molar-refractivity contribution in [3.63, 3.8) is 0 Å². The van der Waals surface area contributed by atoms with Crippen molar-refractivity contribution in [1.82, 2.24) is 19.5 Å². The van der Waals surface area contributed by atoms with Gasteiger partial charge in [-0.2, -0.15) is 4.98 Å². The Labute approximate surface area is 172 Å². The first-order valence-corrected chi connectivity index (χ1v) is 9.70. The van der Waals surface area contributed by atoms with Gasteiger partial charge in [-0.1, -0.05) is 0 Å². The number of rotatable bonds is 5. The minimum atomic E-state index is -2.60. The summed E-state index contributed by atoms with van der Waals surface area (Å²) in [5, 5.41) is 0.345. The molecule has 4 rings (SSSR count). The molecular weight excluding hydrogens is 392 g/mol. The third kappa shape index (κ3) is 4.03. The average molecular weight is 415 g/mol. The summed E-state index contributed by atoms with van der Waals surface area (Å²) < 4.78 is 26.2. The predicted molar refractivity (Wildman–Crippen MR) is 113 cm³/mol. The van der Waals surface area contributed by atoms with Gasteiger partial charge in [0.1, 0.15) is 5.82 Å². The molecule has 0 amide bonds. The number of hydrogen-bond acceptors (Lipinski definition) is 7. The Morgan fingerprint density at radius 3 is 2.50 bits per heavy atom. The lowest BCUT2D eigenvalue weighted by Crippen LogP contribution is -2.47. The van der Waals surface area contributed by atoms with E-state index in [9.17, 15) is 13.6 Å². The van der Waals surface area contributed by atoms with Crippen molar-refractivity contribution in [2.24, 2.45) is 0 Å². The lowest BCUT2D eigenvalue weighted by molar-refractivity contribution is 0.125. The van der Waals surface area contributed by atoms with Gasteiger partial charge in [0.05, 0.1) is 23.8 Å². The second-order valence-corrected chi connectivity index (χ2v) is 7.38. The van der Waals surface area contributed by atoms with Gasteiger partial charge in [-0.15, -0.1) is 0 Å². The van der Waals surface area contributed by atoms with Crippen LogP contribution in [0.5, 0.6) is 0 Å². The molecule has 1 fully saturated rings. The van der Waals surface area contributed by atoms with E-state index in [4.69, 9.17) is 0 Å². The Balaban J connectivity index is 1.49. The highest BCUT2D eigenvalue weighted by Gasteiger charge is 2.20. The lowest BCUT2D eigenvalue weighted by atomic mass is 10.2. The molecule has 1 aromatic carbocycles. The smallest absolute Gasteiger partial charge is 0.261 e. The van der Waals surface area contributed by atoms with Crippen LogP contribution in [0.4, 0.5) is 26.2 Å². The molecule has 0 N–H and O–H groups in total. The quantitative estimate of drug-likeness (QED) is 0.630. The number of nitrogens with zero attached hydrogens (tertiary/aromatic N) is 7. The molecule has 0 unspecified atom stereocenters. The molecule has 30 heavy (non-hydrogen) atoms. The van der Waals surface area contributed by atoms with Crippen molar-refractivity contribution >= 4 is 28.4 Å². The molecule has 10 heteroatoms. The number of alkyl halides is 2. The van der Waals surface area contributed by atoms with E-state index in [1.807, 2.05) is 37.2 Å². The molecule has 158 valence electrons. The largest absolute Gasteiger partial charge is 0.368 e. The fourth-order valence-corrected chi connectivity index (χ4v) is 3.55. The van der Waals surface area contributed by atoms with Crippen LogP contribution >= 0.6 is 0 Å². The summed E-state index contributed by atoms with van der Waals surface area (Å²) in [6, 6.07) is 7.27. The van der Waals surface area contributed by atoms with Crippen molar-refractivity contribution < 1.29 is 8.78 Å². The van der Waals surface area contributed by atoms with Crippen LogP contribution in [0.3, 0.4) is 0 Å². The van der Waals surface area contributed by atoms with E-state index in [1.54, 1.807) is 12.3 Å². The summed E-state index contributed by atoms with van der Waals surface area (Å²) in [5.41, 5.74) is 1.02. The van der Waals surface area contributed by atoms with E-state index in [0.29, 0.717) is 16.9 Å². The van der Waals surface area contributed by atoms with E-state index in [-0.39, 0.29) is 0 Å². The fourth-order valence-electron chi connectivity index (χ4n) is 3.55. The van der Waals surface area contributed by atoms with Crippen molar-refractivity contribution in [3.8, 4) is 0 Å². The van der Waals surface area contributed by atoms with Crippen molar-refractivity contribution in [2.75, 3.05) is 55.0 Å². The predicted octanol–water partition coefficient (Wildman–Crippen LogP) is 1.84. The van der Waals surface area contributed by atoms with Gasteiger partial charge in [-0.25, -0.2) is 18.7 Å². The third-order valence-corrected chi connectivity index (χ3v) is 5.14. The van der Waals surface area contributed by atoms with Crippen LogP contribution in [0, 0.1) is 0 Å². The summed E-state index contributed by atoms with van der Waals surface area (Å²) in [4.78, 5) is 31.7. The van der Waals surface area contributed by atoms with Crippen molar-refractivity contribution in [1.29, 1.82) is 0 Å². The Morgan fingerprint density at radius 2 is 1.80 bits per heavy atom. The van der Waals surface area contributed by atoms with E-state index < -0.39 is 18.5 Å². The van der Waals surface area contributed by atoms with Gasteiger partial charge in [-0.3, -0.25) is 9.36 Å². The van der Waals surface area contributed by atoms with Crippen molar-refractivity contribution in [2.45, 2.75) is 13.0 Å². The topological polar surface area (TPSA) is 70.4 Å². The maximum Gasteiger partial charge on any atom is 0.261 e. The Hall–Kier alpha value is -3.30.